The Hall–Kier alpha value is -4.24. The number of hydrogen-bond acceptors (Lipinski definition) is 2. The van der Waals surface area contributed by atoms with Crippen molar-refractivity contribution in [2.75, 3.05) is 0 Å². The molecule has 3 heteroatoms. The van der Waals surface area contributed by atoms with Gasteiger partial charge in [0.25, 0.3) is 0 Å². The largest absolute Gasteiger partial charge is 0.376 e. The smallest absolute Gasteiger partial charge is 0.143 e. The van der Waals surface area contributed by atoms with E-state index in [1.807, 2.05) is 97.1 Å². The second kappa shape index (κ2) is 8.41. The number of nitrogens with zero attached hydrogens (tertiary/aromatic N) is 1. The van der Waals surface area contributed by atoms with E-state index in [0.29, 0.717) is 5.02 Å². The molecule has 1 unspecified atom stereocenters. The average molecular weight is 496 g/mol. The van der Waals surface area contributed by atoms with Gasteiger partial charge in [-0.1, -0.05) is 121 Å². The van der Waals surface area contributed by atoms with Gasteiger partial charge in [0.1, 0.15) is 5.60 Å². The van der Waals surface area contributed by atoms with Crippen LogP contribution in [0.4, 0.5) is 0 Å². The van der Waals surface area contributed by atoms with Crippen LogP contribution in [0.2, 0.25) is 5.02 Å². The van der Waals surface area contributed by atoms with Gasteiger partial charge in [0.05, 0.1) is 11.2 Å². The van der Waals surface area contributed by atoms with E-state index in [4.69, 9.17) is 16.6 Å². The molecular formula is C34H22ClNO. The van der Waals surface area contributed by atoms with Crippen molar-refractivity contribution in [2.24, 2.45) is 0 Å². The molecule has 2 nitrogen and oxygen atoms in total. The number of rotatable bonds is 3. The van der Waals surface area contributed by atoms with E-state index >= 15 is 0 Å². The number of pyridine rings is 1. The molecule has 0 saturated carbocycles. The number of fused-ring (bicyclic) bond motifs is 5. The van der Waals surface area contributed by atoms with Crippen LogP contribution < -0.4 is 0 Å². The number of aromatic nitrogens is 1. The molecule has 7 rings (SSSR count). The summed E-state index contributed by atoms with van der Waals surface area (Å²) in [6.07, 6.45) is 0. The maximum Gasteiger partial charge on any atom is 0.143 e. The van der Waals surface area contributed by atoms with E-state index in [1.165, 1.54) is 0 Å². The Kier molecular flexibility index (Phi) is 5.00. The Morgan fingerprint density at radius 1 is 0.568 bits per heavy atom. The van der Waals surface area contributed by atoms with E-state index in [0.717, 1.165) is 61.1 Å². The van der Waals surface area contributed by atoms with Crippen molar-refractivity contribution in [1.82, 2.24) is 4.98 Å². The van der Waals surface area contributed by atoms with E-state index < -0.39 is 5.60 Å². The van der Waals surface area contributed by atoms with Crippen LogP contribution in [0.15, 0.2) is 127 Å². The van der Waals surface area contributed by atoms with Gasteiger partial charge in [-0.05, 0) is 34.9 Å². The van der Waals surface area contributed by atoms with E-state index in [-0.39, 0.29) is 0 Å². The van der Waals surface area contributed by atoms with Crippen molar-refractivity contribution in [1.29, 1.82) is 0 Å². The zero-order valence-corrected chi connectivity index (χ0v) is 20.7. The summed E-state index contributed by atoms with van der Waals surface area (Å²) in [5, 5.41) is 14.7. The first-order chi connectivity index (χ1) is 18.2. The molecule has 0 radical (unpaired) electrons. The van der Waals surface area contributed by atoms with Crippen LogP contribution in [0.1, 0.15) is 16.7 Å². The lowest BCUT2D eigenvalue weighted by molar-refractivity contribution is 0.133. The zero-order valence-electron chi connectivity index (χ0n) is 19.9. The summed E-state index contributed by atoms with van der Waals surface area (Å²) in [6.45, 7) is 0. The Bertz CT molecular complexity index is 1790. The topological polar surface area (TPSA) is 33.1 Å². The third-order valence-electron chi connectivity index (χ3n) is 7.36. The number of benzene rings is 5. The van der Waals surface area contributed by atoms with E-state index in [1.54, 1.807) is 0 Å². The SMILES string of the molecule is OC1(c2ccccc2-c2ccccc2)c2ccccc2-c2c(-c3ccc(Cl)cc3)nc3ccccc3c21. The number of hydrogen-bond donors (Lipinski definition) is 1. The molecular weight excluding hydrogens is 474 g/mol. The lowest BCUT2D eigenvalue weighted by Gasteiger charge is -2.30. The Morgan fingerprint density at radius 2 is 1.16 bits per heavy atom. The molecule has 1 aliphatic carbocycles. The first-order valence-electron chi connectivity index (χ1n) is 12.3. The minimum Gasteiger partial charge on any atom is -0.376 e. The average Bonchev–Trinajstić information content (AvgIpc) is 3.24. The van der Waals surface area contributed by atoms with Gasteiger partial charge >= 0.3 is 0 Å². The monoisotopic (exact) mass is 495 g/mol. The molecule has 5 aromatic carbocycles. The van der Waals surface area contributed by atoms with Gasteiger partial charge in [0.2, 0.25) is 0 Å². The van der Waals surface area contributed by atoms with Crippen LogP contribution >= 0.6 is 11.6 Å². The molecule has 1 aliphatic rings. The highest BCUT2D eigenvalue weighted by atomic mass is 35.5. The predicted molar refractivity (Wildman–Crippen MR) is 152 cm³/mol. The molecule has 0 amide bonds. The van der Waals surface area contributed by atoms with Crippen LogP contribution in [0.5, 0.6) is 0 Å². The maximum absolute atomic E-state index is 13.1. The van der Waals surface area contributed by atoms with Gasteiger partial charge in [-0.15, -0.1) is 0 Å². The van der Waals surface area contributed by atoms with Gasteiger partial charge in [-0.25, -0.2) is 4.98 Å². The molecule has 1 atom stereocenters. The summed E-state index contributed by atoms with van der Waals surface area (Å²) < 4.78 is 0. The molecule has 0 spiro atoms. The standard InChI is InChI=1S/C34H22ClNO/c35-24-20-18-23(19-21-24)33-31-26-13-5-8-16-29(26)34(37,32(31)27-14-6-9-17-30(27)36-33)28-15-7-4-12-25(28)22-10-2-1-3-11-22/h1-21,37H. The summed E-state index contributed by atoms with van der Waals surface area (Å²) in [7, 11) is 0. The van der Waals surface area contributed by atoms with E-state index in [2.05, 4.69) is 30.3 Å². The van der Waals surface area contributed by atoms with Crippen LogP contribution in [-0.4, -0.2) is 10.1 Å². The fourth-order valence-corrected chi connectivity index (χ4v) is 5.89. The normalized spacial score (nSPS) is 15.9. The van der Waals surface area contributed by atoms with Gasteiger partial charge in [0, 0.05) is 38.2 Å². The second-order valence-electron chi connectivity index (χ2n) is 9.40. The van der Waals surface area contributed by atoms with Crippen LogP contribution in [0, 0.1) is 0 Å². The van der Waals surface area contributed by atoms with Crippen LogP contribution in [0.25, 0.3) is 44.4 Å². The van der Waals surface area contributed by atoms with Crippen molar-refractivity contribution in [3.63, 3.8) is 0 Å². The third-order valence-corrected chi connectivity index (χ3v) is 7.61. The predicted octanol–water partition coefficient (Wildman–Crippen LogP) is 8.49. The summed E-state index contributed by atoms with van der Waals surface area (Å²) in [4.78, 5) is 5.13. The lowest BCUT2D eigenvalue weighted by atomic mass is 9.79. The summed E-state index contributed by atoms with van der Waals surface area (Å²) in [6, 6.07) is 42.4. The summed E-state index contributed by atoms with van der Waals surface area (Å²) >= 11 is 6.23. The summed E-state index contributed by atoms with van der Waals surface area (Å²) in [5.74, 6) is 0. The zero-order chi connectivity index (χ0) is 25.0. The Morgan fingerprint density at radius 3 is 1.92 bits per heavy atom. The third kappa shape index (κ3) is 3.27. The number of para-hydroxylation sites is 1. The molecule has 176 valence electrons. The maximum atomic E-state index is 13.1. The molecule has 0 fully saturated rings. The highest BCUT2D eigenvalue weighted by molar-refractivity contribution is 6.30. The van der Waals surface area contributed by atoms with Crippen LogP contribution in [0.3, 0.4) is 0 Å². The first kappa shape index (κ1) is 22.0. The fourth-order valence-electron chi connectivity index (χ4n) is 5.77. The first-order valence-corrected chi connectivity index (χ1v) is 12.7. The van der Waals surface area contributed by atoms with Gasteiger partial charge in [-0.2, -0.15) is 0 Å². The molecule has 0 saturated heterocycles. The highest BCUT2D eigenvalue weighted by Gasteiger charge is 2.47. The molecule has 37 heavy (non-hydrogen) atoms. The molecule has 1 N–H and O–H groups in total. The second-order valence-corrected chi connectivity index (χ2v) is 9.84. The van der Waals surface area contributed by atoms with Crippen molar-refractivity contribution < 1.29 is 5.11 Å². The van der Waals surface area contributed by atoms with Crippen molar-refractivity contribution in [3.05, 3.63) is 149 Å². The van der Waals surface area contributed by atoms with Gasteiger partial charge in [0.15, 0.2) is 0 Å². The molecule has 1 aromatic heterocycles. The Labute approximate surface area is 220 Å². The molecule has 0 aliphatic heterocycles. The van der Waals surface area contributed by atoms with Gasteiger partial charge < -0.3 is 5.11 Å². The fraction of sp³-hybridized carbons (Fsp3) is 0.0294. The highest BCUT2D eigenvalue weighted by Crippen LogP contribution is 2.56. The summed E-state index contributed by atoms with van der Waals surface area (Å²) in [5.41, 5.74) is 7.87. The lowest BCUT2D eigenvalue weighted by Crippen LogP contribution is -2.27. The van der Waals surface area contributed by atoms with Crippen molar-refractivity contribution in [2.45, 2.75) is 5.60 Å². The number of aliphatic hydroxyl groups is 1. The van der Waals surface area contributed by atoms with Crippen molar-refractivity contribution >= 4 is 22.5 Å². The quantitative estimate of drug-likeness (QED) is 0.267. The molecule has 1 heterocycles. The van der Waals surface area contributed by atoms with Gasteiger partial charge in [-0.3, -0.25) is 0 Å². The molecule has 6 aromatic rings. The molecule has 0 bridgehead atoms. The van der Waals surface area contributed by atoms with E-state index in [9.17, 15) is 5.11 Å². The van der Waals surface area contributed by atoms with Crippen molar-refractivity contribution in [3.8, 4) is 33.5 Å². The minimum absolute atomic E-state index is 0.676. The minimum atomic E-state index is -1.37. The Balaban J connectivity index is 1.64. The van der Waals surface area contributed by atoms with Crippen LogP contribution in [-0.2, 0) is 5.60 Å². The number of halogens is 1.